The summed E-state index contributed by atoms with van der Waals surface area (Å²) in [5.41, 5.74) is 3.70. The van der Waals surface area contributed by atoms with E-state index >= 15 is 0 Å². The molecule has 8 heteroatoms. The first-order chi connectivity index (χ1) is 14.1. The number of nitrogens with one attached hydrogen (secondary N) is 1. The van der Waals surface area contributed by atoms with Crippen LogP contribution in [0, 0.1) is 13.8 Å². The maximum Gasteiger partial charge on any atom is 0.262 e. The molecule has 0 bridgehead atoms. The smallest absolute Gasteiger partial charge is 0.262 e. The summed E-state index contributed by atoms with van der Waals surface area (Å²) in [7, 11) is 1.53. The van der Waals surface area contributed by atoms with E-state index in [9.17, 15) is 4.79 Å². The SMILES string of the molecule is COc1cnc(CSc2ncccn2)cc1OCC(=O)Nc1cccc(C)c1C. The van der Waals surface area contributed by atoms with E-state index in [0.717, 1.165) is 22.5 Å². The molecule has 2 heterocycles. The molecule has 0 radical (unpaired) electrons. The maximum absolute atomic E-state index is 12.3. The van der Waals surface area contributed by atoms with Gasteiger partial charge in [0.1, 0.15) is 0 Å². The summed E-state index contributed by atoms with van der Waals surface area (Å²) < 4.78 is 11.0. The highest BCUT2D eigenvalue weighted by atomic mass is 32.2. The fraction of sp³-hybridized carbons (Fsp3) is 0.238. The summed E-state index contributed by atoms with van der Waals surface area (Å²) in [5, 5.41) is 3.55. The van der Waals surface area contributed by atoms with E-state index in [1.165, 1.54) is 18.9 Å². The Morgan fingerprint density at radius 3 is 2.66 bits per heavy atom. The third kappa shape index (κ3) is 5.68. The molecule has 1 amide bonds. The molecule has 0 saturated carbocycles. The highest BCUT2D eigenvalue weighted by Gasteiger charge is 2.12. The zero-order chi connectivity index (χ0) is 20.6. The van der Waals surface area contributed by atoms with Crippen molar-refractivity contribution < 1.29 is 14.3 Å². The van der Waals surface area contributed by atoms with E-state index in [4.69, 9.17) is 9.47 Å². The van der Waals surface area contributed by atoms with Gasteiger partial charge in [-0.15, -0.1) is 0 Å². The average molecular weight is 410 g/mol. The fourth-order valence-electron chi connectivity index (χ4n) is 2.52. The Bertz CT molecular complexity index is 983. The van der Waals surface area contributed by atoms with Crippen LogP contribution in [0.2, 0.25) is 0 Å². The van der Waals surface area contributed by atoms with Gasteiger partial charge >= 0.3 is 0 Å². The number of carbonyl (C=O) groups excluding carboxylic acids is 1. The Morgan fingerprint density at radius 1 is 1.10 bits per heavy atom. The number of aromatic nitrogens is 3. The van der Waals surface area contributed by atoms with Crippen LogP contribution in [0.1, 0.15) is 16.8 Å². The van der Waals surface area contributed by atoms with Crippen LogP contribution in [-0.2, 0) is 10.5 Å². The van der Waals surface area contributed by atoms with Crippen LogP contribution in [0.25, 0.3) is 0 Å². The Kier molecular flexibility index (Phi) is 7.02. The lowest BCUT2D eigenvalue weighted by molar-refractivity contribution is -0.118. The second kappa shape index (κ2) is 9.88. The van der Waals surface area contributed by atoms with Gasteiger partial charge < -0.3 is 14.8 Å². The first-order valence-electron chi connectivity index (χ1n) is 8.98. The molecule has 0 atom stereocenters. The predicted octanol–water partition coefficient (Wildman–Crippen LogP) is 3.81. The minimum absolute atomic E-state index is 0.137. The zero-order valence-electron chi connectivity index (χ0n) is 16.5. The molecule has 7 nitrogen and oxygen atoms in total. The number of benzene rings is 1. The highest BCUT2D eigenvalue weighted by molar-refractivity contribution is 7.98. The summed E-state index contributed by atoms with van der Waals surface area (Å²) in [6.45, 7) is 3.84. The van der Waals surface area contributed by atoms with E-state index in [0.29, 0.717) is 22.4 Å². The molecule has 3 rings (SSSR count). The molecule has 1 aromatic carbocycles. The summed E-state index contributed by atoms with van der Waals surface area (Å²) in [6, 6.07) is 9.31. The van der Waals surface area contributed by atoms with E-state index < -0.39 is 0 Å². The lowest BCUT2D eigenvalue weighted by atomic mass is 10.1. The Labute approximate surface area is 173 Å². The average Bonchev–Trinajstić information content (AvgIpc) is 2.75. The molecule has 0 fully saturated rings. The van der Waals surface area contributed by atoms with Gasteiger partial charge in [0.25, 0.3) is 5.91 Å². The number of anilines is 1. The normalized spacial score (nSPS) is 10.4. The van der Waals surface area contributed by atoms with E-state index in [1.807, 2.05) is 32.0 Å². The quantitative estimate of drug-likeness (QED) is 0.446. The number of carbonyl (C=O) groups is 1. The first-order valence-corrected chi connectivity index (χ1v) is 9.97. The third-order valence-corrected chi connectivity index (χ3v) is 5.15. The molecule has 1 N–H and O–H groups in total. The zero-order valence-corrected chi connectivity index (χ0v) is 17.3. The van der Waals surface area contributed by atoms with Gasteiger partial charge in [-0.3, -0.25) is 9.78 Å². The van der Waals surface area contributed by atoms with Gasteiger partial charge in [-0.05, 0) is 37.1 Å². The molecule has 2 aromatic heterocycles. The van der Waals surface area contributed by atoms with Crippen LogP contribution in [0.4, 0.5) is 5.69 Å². The molecule has 3 aromatic rings. The van der Waals surface area contributed by atoms with Crippen molar-refractivity contribution in [2.24, 2.45) is 0 Å². The van der Waals surface area contributed by atoms with Crippen LogP contribution in [-0.4, -0.2) is 34.6 Å². The van der Waals surface area contributed by atoms with Gasteiger partial charge in [-0.1, -0.05) is 23.9 Å². The van der Waals surface area contributed by atoms with E-state index in [1.54, 1.807) is 30.7 Å². The van der Waals surface area contributed by atoms with Crippen LogP contribution in [0.3, 0.4) is 0 Å². The van der Waals surface area contributed by atoms with Crippen molar-refractivity contribution >= 4 is 23.4 Å². The Hall–Kier alpha value is -3.13. The van der Waals surface area contributed by atoms with Crippen molar-refractivity contribution in [2.75, 3.05) is 19.0 Å². The fourth-order valence-corrected chi connectivity index (χ4v) is 3.23. The summed E-state index contributed by atoms with van der Waals surface area (Å²) in [5.74, 6) is 1.25. The van der Waals surface area contributed by atoms with Crippen molar-refractivity contribution in [1.82, 2.24) is 15.0 Å². The topological polar surface area (TPSA) is 86.2 Å². The van der Waals surface area contributed by atoms with Crippen molar-refractivity contribution in [3.63, 3.8) is 0 Å². The van der Waals surface area contributed by atoms with Crippen molar-refractivity contribution in [1.29, 1.82) is 0 Å². The minimum Gasteiger partial charge on any atom is -0.491 e. The second-order valence-electron chi connectivity index (χ2n) is 6.23. The monoisotopic (exact) mass is 410 g/mol. The number of amides is 1. The van der Waals surface area contributed by atoms with Crippen LogP contribution in [0.5, 0.6) is 11.5 Å². The van der Waals surface area contributed by atoms with Crippen molar-refractivity contribution in [2.45, 2.75) is 24.8 Å². The number of ether oxygens (including phenoxy) is 2. The van der Waals surface area contributed by atoms with E-state index in [-0.39, 0.29) is 12.5 Å². The Morgan fingerprint density at radius 2 is 1.90 bits per heavy atom. The highest BCUT2D eigenvalue weighted by Crippen LogP contribution is 2.29. The number of aryl methyl sites for hydroxylation is 1. The number of nitrogens with zero attached hydrogens (tertiary/aromatic N) is 3. The standard InChI is InChI=1S/C21H22N4O3S/c1-14-6-4-7-17(15(14)2)25-20(26)12-28-18-10-16(24-11-19(18)27-3)13-29-21-22-8-5-9-23-21/h4-11H,12-13H2,1-3H3,(H,25,26). The second-order valence-corrected chi connectivity index (χ2v) is 7.17. The molecule has 29 heavy (non-hydrogen) atoms. The molecular formula is C21H22N4O3S. The molecule has 0 aliphatic rings. The summed E-state index contributed by atoms with van der Waals surface area (Å²) in [6.07, 6.45) is 4.97. The first kappa shape index (κ1) is 20.6. The van der Waals surface area contributed by atoms with Crippen LogP contribution in [0.15, 0.2) is 54.1 Å². The van der Waals surface area contributed by atoms with Crippen LogP contribution >= 0.6 is 11.8 Å². The molecule has 0 spiro atoms. The van der Waals surface area contributed by atoms with Gasteiger partial charge in [0, 0.05) is 29.9 Å². The number of pyridine rings is 1. The summed E-state index contributed by atoms with van der Waals surface area (Å²) in [4.78, 5) is 25.0. The molecule has 150 valence electrons. The Balaban J connectivity index is 1.62. The molecule has 0 unspecified atom stereocenters. The maximum atomic E-state index is 12.3. The number of methoxy groups -OCH3 is 1. The number of thioether (sulfide) groups is 1. The number of hydrogen-bond acceptors (Lipinski definition) is 7. The van der Waals surface area contributed by atoms with Crippen molar-refractivity contribution in [3.05, 3.63) is 65.7 Å². The lowest BCUT2D eigenvalue weighted by Crippen LogP contribution is -2.21. The predicted molar refractivity (Wildman–Crippen MR) is 112 cm³/mol. The number of rotatable bonds is 8. The largest absolute Gasteiger partial charge is 0.491 e. The van der Waals surface area contributed by atoms with Crippen LogP contribution < -0.4 is 14.8 Å². The molecule has 0 saturated heterocycles. The van der Waals surface area contributed by atoms with Gasteiger partial charge in [0.15, 0.2) is 23.3 Å². The number of hydrogen-bond donors (Lipinski definition) is 1. The van der Waals surface area contributed by atoms with Gasteiger partial charge in [0.2, 0.25) is 0 Å². The molecular weight excluding hydrogens is 388 g/mol. The van der Waals surface area contributed by atoms with Gasteiger partial charge in [-0.2, -0.15) is 0 Å². The molecule has 0 aliphatic carbocycles. The third-order valence-electron chi connectivity index (χ3n) is 4.24. The summed E-state index contributed by atoms with van der Waals surface area (Å²) >= 11 is 1.46. The molecule has 0 aliphatic heterocycles. The van der Waals surface area contributed by atoms with Crippen molar-refractivity contribution in [3.8, 4) is 11.5 Å². The van der Waals surface area contributed by atoms with Gasteiger partial charge in [-0.25, -0.2) is 9.97 Å². The minimum atomic E-state index is -0.244. The lowest BCUT2D eigenvalue weighted by Gasteiger charge is -2.13. The van der Waals surface area contributed by atoms with Gasteiger partial charge in [0.05, 0.1) is 19.0 Å². The van der Waals surface area contributed by atoms with E-state index in [2.05, 4.69) is 20.3 Å².